The second kappa shape index (κ2) is 6.70. The summed E-state index contributed by atoms with van der Waals surface area (Å²) in [7, 11) is 1.56. The van der Waals surface area contributed by atoms with Crippen molar-refractivity contribution in [2.45, 2.75) is 13.3 Å². The van der Waals surface area contributed by atoms with Crippen LogP contribution in [0.3, 0.4) is 0 Å². The van der Waals surface area contributed by atoms with Gasteiger partial charge in [0.05, 0.1) is 18.7 Å². The molecule has 2 heterocycles. The van der Waals surface area contributed by atoms with Crippen molar-refractivity contribution in [3.05, 3.63) is 48.2 Å². The summed E-state index contributed by atoms with van der Waals surface area (Å²) >= 11 is 0. The minimum absolute atomic E-state index is 0.0862. The van der Waals surface area contributed by atoms with Gasteiger partial charge in [-0.25, -0.2) is 4.98 Å². The average Bonchev–Trinajstić information content (AvgIpc) is 2.96. The molecule has 124 valence electrons. The Morgan fingerprint density at radius 3 is 2.79 bits per heavy atom. The molecule has 0 radical (unpaired) electrons. The molecular weight excluding hydrogens is 306 g/mol. The van der Waals surface area contributed by atoms with Crippen LogP contribution in [-0.4, -0.2) is 30.5 Å². The molecular formula is C18H19N3O3. The fourth-order valence-electron chi connectivity index (χ4n) is 2.81. The highest BCUT2D eigenvalue weighted by atomic mass is 16.5. The summed E-state index contributed by atoms with van der Waals surface area (Å²) in [6.07, 6.45) is 0.176. The van der Waals surface area contributed by atoms with Gasteiger partial charge < -0.3 is 15.0 Å². The lowest BCUT2D eigenvalue weighted by atomic mass is 10.1. The lowest BCUT2D eigenvalue weighted by molar-refractivity contribution is -0.122. The maximum absolute atomic E-state index is 12.4. The molecule has 1 aliphatic heterocycles. The monoisotopic (exact) mass is 325 g/mol. The Labute approximate surface area is 140 Å². The van der Waals surface area contributed by atoms with E-state index in [2.05, 4.69) is 10.3 Å². The van der Waals surface area contributed by atoms with Gasteiger partial charge in [-0.2, -0.15) is 0 Å². The predicted octanol–water partition coefficient (Wildman–Crippen LogP) is 2.39. The summed E-state index contributed by atoms with van der Waals surface area (Å²) in [5.41, 5.74) is 1.51. The molecule has 1 saturated heterocycles. The number of aryl methyl sites for hydroxylation is 1. The zero-order chi connectivity index (χ0) is 17.1. The predicted molar refractivity (Wildman–Crippen MR) is 91.1 cm³/mol. The summed E-state index contributed by atoms with van der Waals surface area (Å²) < 4.78 is 5.31. The molecule has 1 atom stereocenters. The lowest BCUT2D eigenvalue weighted by Gasteiger charge is -2.19. The first kappa shape index (κ1) is 16.0. The topological polar surface area (TPSA) is 71.5 Å². The largest absolute Gasteiger partial charge is 0.495 e. The molecule has 2 amide bonds. The summed E-state index contributed by atoms with van der Waals surface area (Å²) in [6.45, 7) is 2.19. The number of aromatic nitrogens is 1. The zero-order valence-corrected chi connectivity index (χ0v) is 13.7. The maximum atomic E-state index is 12.4. The summed E-state index contributed by atoms with van der Waals surface area (Å²) in [5.74, 6) is 0.427. The number of amides is 2. The number of methoxy groups -OCH3 is 1. The second-order valence-corrected chi connectivity index (χ2v) is 5.73. The van der Waals surface area contributed by atoms with Gasteiger partial charge in [0.15, 0.2) is 0 Å². The fourth-order valence-corrected chi connectivity index (χ4v) is 2.81. The average molecular weight is 325 g/mol. The lowest BCUT2D eigenvalue weighted by Crippen LogP contribution is -2.28. The van der Waals surface area contributed by atoms with E-state index in [1.54, 1.807) is 24.1 Å². The van der Waals surface area contributed by atoms with Crippen LogP contribution in [0.1, 0.15) is 12.1 Å². The molecule has 2 aromatic rings. The summed E-state index contributed by atoms with van der Waals surface area (Å²) in [6, 6.07) is 12.7. The summed E-state index contributed by atoms with van der Waals surface area (Å²) in [5, 5.41) is 2.79. The molecule has 3 rings (SSSR count). The van der Waals surface area contributed by atoms with Crippen molar-refractivity contribution in [1.29, 1.82) is 0 Å². The number of ether oxygens (including phenoxy) is 1. The number of nitrogens with zero attached hydrogens (tertiary/aromatic N) is 2. The molecule has 1 aromatic heterocycles. The first-order valence-electron chi connectivity index (χ1n) is 7.76. The van der Waals surface area contributed by atoms with Crippen LogP contribution in [0.5, 0.6) is 5.75 Å². The van der Waals surface area contributed by atoms with Gasteiger partial charge in [0.1, 0.15) is 11.6 Å². The van der Waals surface area contributed by atoms with Crippen molar-refractivity contribution >= 4 is 23.3 Å². The van der Waals surface area contributed by atoms with Gasteiger partial charge >= 0.3 is 0 Å². The van der Waals surface area contributed by atoms with Gasteiger partial charge in [-0.3, -0.25) is 9.59 Å². The highest BCUT2D eigenvalue weighted by Gasteiger charge is 2.36. The Hall–Kier alpha value is -2.89. The van der Waals surface area contributed by atoms with Gasteiger partial charge in [0.2, 0.25) is 11.8 Å². The van der Waals surface area contributed by atoms with E-state index in [1.807, 2.05) is 37.3 Å². The number of rotatable bonds is 4. The third-order valence-electron chi connectivity index (χ3n) is 4.01. The van der Waals surface area contributed by atoms with E-state index < -0.39 is 5.92 Å². The third kappa shape index (κ3) is 3.22. The SMILES string of the molecule is COc1ccccc1N1C[C@@H](C(=O)Nc2cccc(C)n2)CC1=O. The van der Waals surface area contributed by atoms with E-state index in [-0.39, 0.29) is 18.2 Å². The standard InChI is InChI=1S/C18H19N3O3/c1-12-6-5-9-16(19-12)20-18(23)13-10-17(22)21(11-13)14-7-3-4-8-15(14)24-2/h3-9,13H,10-11H2,1-2H3,(H,19,20,23)/t13-/m0/s1. The van der Waals surface area contributed by atoms with Gasteiger partial charge in [-0.05, 0) is 31.2 Å². The van der Waals surface area contributed by atoms with Gasteiger partial charge in [-0.1, -0.05) is 18.2 Å². The van der Waals surface area contributed by atoms with Crippen LogP contribution >= 0.6 is 0 Å². The Bertz CT molecular complexity index is 776. The van der Waals surface area contributed by atoms with Crippen LogP contribution in [0.2, 0.25) is 0 Å². The van der Waals surface area contributed by atoms with E-state index in [9.17, 15) is 9.59 Å². The van der Waals surface area contributed by atoms with Gasteiger partial charge in [0, 0.05) is 18.7 Å². The fraction of sp³-hybridized carbons (Fsp3) is 0.278. The van der Waals surface area contributed by atoms with Gasteiger partial charge in [-0.15, -0.1) is 0 Å². The van der Waals surface area contributed by atoms with Crippen LogP contribution in [0.25, 0.3) is 0 Å². The van der Waals surface area contributed by atoms with Crippen LogP contribution in [0.15, 0.2) is 42.5 Å². The minimum atomic E-state index is -0.412. The number of hydrogen-bond donors (Lipinski definition) is 1. The maximum Gasteiger partial charge on any atom is 0.230 e. The van der Waals surface area contributed by atoms with E-state index in [1.165, 1.54) is 0 Å². The van der Waals surface area contributed by atoms with E-state index >= 15 is 0 Å². The van der Waals surface area contributed by atoms with Crippen molar-refractivity contribution in [2.24, 2.45) is 5.92 Å². The second-order valence-electron chi connectivity index (χ2n) is 5.73. The number of nitrogens with one attached hydrogen (secondary N) is 1. The van der Waals surface area contributed by atoms with Crippen LogP contribution in [-0.2, 0) is 9.59 Å². The zero-order valence-electron chi connectivity index (χ0n) is 13.7. The Morgan fingerprint density at radius 1 is 1.25 bits per heavy atom. The number of pyridine rings is 1. The number of carbonyl (C=O) groups excluding carboxylic acids is 2. The molecule has 24 heavy (non-hydrogen) atoms. The molecule has 1 N–H and O–H groups in total. The van der Waals surface area contributed by atoms with Crippen molar-refractivity contribution in [3.63, 3.8) is 0 Å². The number of benzene rings is 1. The summed E-state index contributed by atoms with van der Waals surface area (Å²) in [4.78, 5) is 30.6. The first-order valence-corrected chi connectivity index (χ1v) is 7.76. The minimum Gasteiger partial charge on any atom is -0.495 e. The van der Waals surface area contributed by atoms with E-state index in [0.717, 1.165) is 5.69 Å². The number of para-hydroxylation sites is 2. The number of carbonyl (C=O) groups is 2. The molecule has 0 bridgehead atoms. The molecule has 1 aromatic carbocycles. The molecule has 6 heteroatoms. The number of anilines is 2. The Kier molecular flexibility index (Phi) is 4.46. The van der Waals surface area contributed by atoms with Crippen molar-refractivity contribution < 1.29 is 14.3 Å². The molecule has 0 unspecified atom stereocenters. The highest BCUT2D eigenvalue weighted by molar-refractivity contribution is 6.03. The molecule has 1 aliphatic rings. The molecule has 0 saturated carbocycles. The van der Waals surface area contributed by atoms with Crippen molar-refractivity contribution in [3.8, 4) is 5.75 Å². The van der Waals surface area contributed by atoms with E-state index in [0.29, 0.717) is 23.8 Å². The molecule has 1 fully saturated rings. The smallest absolute Gasteiger partial charge is 0.230 e. The molecule has 6 nitrogen and oxygen atoms in total. The van der Waals surface area contributed by atoms with Crippen LogP contribution in [0.4, 0.5) is 11.5 Å². The van der Waals surface area contributed by atoms with E-state index in [4.69, 9.17) is 4.74 Å². The Balaban J connectivity index is 1.73. The van der Waals surface area contributed by atoms with Crippen LogP contribution < -0.4 is 15.0 Å². The quantitative estimate of drug-likeness (QED) is 0.937. The third-order valence-corrected chi connectivity index (χ3v) is 4.01. The molecule has 0 spiro atoms. The van der Waals surface area contributed by atoms with Gasteiger partial charge in [0.25, 0.3) is 0 Å². The van der Waals surface area contributed by atoms with Crippen LogP contribution in [0, 0.1) is 12.8 Å². The number of hydrogen-bond acceptors (Lipinski definition) is 4. The normalized spacial score (nSPS) is 17.0. The highest BCUT2D eigenvalue weighted by Crippen LogP contribution is 2.33. The van der Waals surface area contributed by atoms with Crippen molar-refractivity contribution in [1.82, 2.24) is 4.98 Å². The molecule has 0 aliphatic carbocycles. The van der Waals surface area contributed by atoms with Crippen molar-refractivity contribution in [2.75, 3.05) is 23.9 Å². The Morgan fingerprint density at radius 2 is 2.04 bits per heavy atom. The first-order chi connectivity index (χ1) is 11.6.